The lowest BCUT2D eigenvalue weighted by atomic mass is 10.1. The first-order chi connectivity index (χ1) is 9.70. The van der Waals surface area contributed by atoms with Crippen LogP contribution in [0.2, 0.25) is 0 Å². The maximum atomic E-state index is 11.1. The highest BCUT2D eigenvalue weighted by Crippen LogP contribution is 2.29. The third-order valence-corrected chi connectivity index (χ3v) is 4.02. The molecule has 1 rings (SSSR count). The van der Waals surface area contributed by atoms with Gasteiger partial charge < -0.3 is 15.2 Å². The van der Waals surface area contributed by atoms with Crippen molar-refractivity contribution in [2.24, 2.45) is 0 Å². The summed E-state index contributed by atoms with van der Waals surface area (Å²) in [4.78, 5) is 33.2. The quantitative estimate of drug-likeness (QED) is 0.354. The zero-order valence-electron chi connectivity index (χ0n) is 11.3. The van der Waals surface area contributed by atoms with Crippen LogP contribution in [0.4, 0.5) is 0 Å². The first-order valence-electron chi connectivity index (χ1n) is 5.87. The van der Waals surface area contributed by atoms with Crippen molar-refractivity contribution in [3.8, 4) is 5.75 Å². The van der Waals surface area contributed by atoms with Gasteiger partial charge in [-0.1, -0.05) is 0 Å². The van der Waals surface area contributed by atoms with Crippen molar-refractivity contribution in [3.05, 3.63) is 24.8 Å². The van der Waals surface area contributed by atoms with Gasteiger partial charge in [0.15, 0.2) is 5.75 Å². The Kier molecular flexibility index (Phi) is 6.84. The Labute approximate surface area is 148 Å². The van der Waals surface area contributed by atoms with Crippen LogP contribution in [0, 0.1) is 7.14 Å². The fraction of sp³-hybridized carbons (Fsp3) is 0.308. The average molecular weight is 517 g/mol. The number of carbonyl (C=O) groups is 3. The standard InChI is InChI=1S/C13H13I2NO5/c1-6(17)16-11(13(19)20)5-8-3-9(14)12(10(15)4-8)21-7(2)18/h3-4,11H,5H2,1-2H3,(H,16,17)(H,19,20). The summed E-state index contributed by atoms with van der Waals surface area (Å²) in [5.41, 5.74) is 0.737. The van der Waals surface area contributed by atoms with Crippen molar-refractivity contribution in [1.82, 2.24) is 5.32 Å². The molecule has 1 unspecified atom stereocenters. The number of benzene rings is 1. The second-order valence-corrected chi connectivity index (χ2v) is 6.60. The number of rotatable bonds is 5. The van der Waals surface area contributed by atoms with Crippen LogP contribution in [0.25, 0.3) is 0 Å². The summed E-state index contributed by atoms with van der Waals surface area (Å²) < 4.78 is 6.52. The van der Waals surface area contributed by atoms with E-state index in [1.807, 2.05) is 45.2 Å². The lowest BCUT2D eigenvalue weighted by molar-refractivity contribution is -0.141. The maximum absolute atomic E-state index is 11.1. The number of hydrogen-bond acceptors (Lipinski definition) is 4. The van der Waals surface area contributed by atoms with Crippen LogP contribution < -0.4 is 10.1 Å². The molecule has 8 heteroatoms. The third-order valence-electron chi connectivity index (χ3n) is 2.42. The SMILES string of the molecule is CC(=O)NC(Cc1cc(I)c(OC(C)=O)c(I)c1)C(=O)O. The summed E-state index contributed by atoms with van der Waals surface area (Å²) in [6, 6.07) is 2.48. The molecule has 0 radical (unpaired) electrons. The minimum absolute atomic E-state index is 0.154. The molecule has 0 saturated carbocycles. The van der Waals surface area contributed by atoms with Gasteiger partial charge in [-0.05, 0) is 62.9 Å². The molecule has 0 spiro atoms. The third kappa shape index (κ3) is 5.77. The molecule has 0 fully saturated rings. The average Bonchev–Trinajstić information content (AvgIpc) is 2.32. The van der Waals surface area contributed by atoms with Crippen LogP contribution in [0.5, 0.6) is 5.75 Å². The van der Waals surface area contributed by atoms with Crippen LogP contribution in [0.15, 0.2) is 12.1 Å². The largest absolute Gasteiger partial charge is 0.480 e. The molecule has 0 aliphatic heterocycles. The highest BCUT2D eigenvalue weighted by atomic mass is 127. The van der Waals surface area contributed by atoms with Gasteiger partial charge in [0.1, 0.15) is 6.04 Å². The number of carboxylic acid groups (broad SMARTS) is 1. The van der Waals surface area contributed by atoms with E-state index in [1.165, 1.54) is 13.8 Å². The number of carbonyl (C=O) groups excluding carboxylic acids is 2. The van der Waals surface area contributed by atoms with Crippen LogP contribution in [-0.2, 0) is 20.8 Å². The normalized spacial score (nSPS) is 11.6. The number of ether oxygens (including phenoxy) is 1. The summed E-state index contributed by atoms with van der Waals surface area (Å²) in [5.74, 6) is -1.46. The van der Waals surface area contributed by atoms with E-state index in [2.05, 4.69) is 5.32 Å². The molecule has 114 valence electrons. The van der Waals surface area contributed by atoms with Gasteiger partial charge in [-0.15, -0.1) is 0 Å². The number of hydrogen-bond donors (Lipinski definition) is 2. The van der Waals surface area contributed by atoms with Crippen molar-refractivity contribution < 1.29 is 24.2 Å². The molecule has 1 amide bonds. The predicted octanol–water partition coefficient (Wildman–Crippen LogP) is 1.95. The van der Waals surface area contributed by atoms with E-state index in [-0.39, 0.29) is 6.42 Å². The van der Waals surface area contributed by atoms with Crippen molar-refractivity contribution in [2.75, 3.05) is 0 Å². The van der Waals surface area contributed by atoms with Crippen LogP contribution in [0.1, 0.15) is 19.4 Å². The first kappa shape index (κ1) is 18.1. The number of aliphatic carboxylic acids is 1. The predicted molar refractivity (Wildman–Crippen MR) is 92.1 cm³/mol. The lowest BCUT2D eigenvalue weighted by Crippen LogP contribution is -2.41. The molecule has 21 heavy (non-hydrogen) atoms. The zero-order chi connectivity index (χ0) is 16.2. The van der Waals surface area contributed by atoms with Crippen LogP contribution in [0.3, 0.4) is 0 Å². The van der Waals surface area contributed by atoms with Crippen LogP contribution in [-0.4, -0.2) is 29.0 Å². The number of halogens is 2. The second kappa shape index (κ2) is 7.92. The smallest absolute Gasteiger partial charge is 0.326 e. The highest BCUT2D eigenvalue weighted by molar-refractivity contribution is 14.1. The van der Waals surface area contributed by atoms with E-state index in [0.29, 0.717) is 12.9 Å². The molecular formula is C13H13I2NO5. The number of nitrogens with one attached hydrogen (secondary N) is 1. The van der Waals surface area contributed by atoms with E-state index in [4.69, 9.17) is 9.84 Å². The van der Waals surface area contributed by atoms with Gasteiger partial charge in [-0.3, -0.25) is 9.59 Å². The van der Waals surface area contributed by atoms with Gasteiger partial charge in [-0.2, -0.15) is 0 Å². The van der Waals surface area contributed by atoms with Gasteiger partial charge in [0.2, 0.25) is 5.91 Å². The Morgan fingerprint density at radius 3 is 2.14 bits per heavy atom. The van der Waals surface area contributed by atoms with E-state index in [1.54, 1.807) is 12.1 Å². The molecule has 1 atom stereocenters. The van der Waals surface area contributed by atoms with Crippen molar-refractivity contribution in [3.63, 3.8) is 0 Å². The van der Waals surface area contributed by atoms with Crippen molar-refractivity contribution >= 4 is 63.0 Å². The molecule has 1 aromatic rings. The van der Waals surface area contributed by atoms with E-state index in [0.717, 1.165) is 5.56 Å². The Morgan fingerprint density at radius 2 is 1.76 bits per heavy atom. The summed E-state index contributed by atoms with van der Waals surface area (Å²) in [6.07, 6.45) is 0.154. The van der Waals surface area contributed by atoms with E-state index in [9.17, 15) is 14.4 Å². The second-order valence-electron chi connectivity index (χ2n) is 4.28. The van der Waals surface area contributed by atoms with Gasteiger partial charge >= 0.3 is 11.9 Å². The maximum Gasteiger partial charge on any atom is 0.326 e. The summed E-state index contributed by atoms with van der Waals surface area (Å²) in [5, 5.41) is 11.5. The fourth-order valence-corrected chi connectivity index (χ4v) is 3.77. The first-order valence-corrected chi connectivity index (χ1v) is 8.02. The van der Waals surface area contributed by atoms with Gasteiger partial charge in [0, 0.05) is 20.3 Å². The topological polar surface area (TPSA) is 92.7 Å². The molecule has 6 nitrogen and oxygen atoms in total. The molecule has 2 N–H and O–H groups in total. The van der Waals surface area contributed by atoms with Gasteiger partial charge in [0.05, 0.1) is 7.14 Å². The molecule has 0 aromatic heterocycles. The van der Waals surface area contributed by atoms with Gasteiger partial charge in [0.25, 0.3) is 0 Å². The molecule has 0 bridgehead atoms. The summed E-state index contributed by atoms with van der Waals surface area (Å²) >= 11 is 4.04. The van der Waals surface area contributed by atoms with Crippen molar-refractivity contribution in [2.45, 2.75) is 26.3 Å². The van der Waals surface area contributed by atoms with Gasteiger partial charge in [-0.25, -0.2) is 4.79 Å². The Bertz CT molecular complexity index is 565. The highest BCUT2D eigenvalue weighted by Gasteiger charge is 2.20. The number of carboxylic acids is 1. The van der Waals surface area contributed by atoms with E-state index >= 15 is 0 Å². The molecule has 0 heterocycles. The Hall–Kier alpha value is -0.910. The molecule has 1 aromatic carbocycles. The fourth-order valence-electron chi connectivity index (χ4n) is 1.65. The summed E-state index contributed by atoms with van der Waals surface area (Å²) in [7, 11) is 0. The minimum Gasteiger partial charge on any atom is -0.480 e. The lowest BCUT2D eigenvalue weighted by Gasteiger charge is -2.15. The Balaban J connectivity index is 3.01. The van der Waals surface area contributed by atoms with E-state index < -0.39 is 23.9 Å². The summed E-state index contributed by atoms with van der Waals surface area (Å²) in [6.45, 7) is 2.59. The molecule has 0 aliphatic rings. The van der Waals surface area contributed by atoms with Crippen molar-refractivity contribution in [1.29, 1.82) is 0 Å². The monoisotopic (exact) mass is 517 g/mol. The Morgan fingerprint density at radius 1 is 1.24 bits per heavy atom. The van der Waals surface area contributed by atoms with Crippen LogP contribution >= 0.6 is 45.2 Å². The minimum atomic E-state index is -1.10. The number of amides is 1. The molecule has 0 aliphatic carbocycles. The molecule has 0 saturated heterocycles. The molecular weight excluding hydrogens is 504 g/mol. The number of esters is 1. The zero-order valence-corrected chi connectivity index (χ0v) is 15.6.